The maximum Gasteiger partial charge on any atom is 0.168 e. The maximum absolute atomic E-state index is 13.2. The van der Waals surface area contributed by atoms with Crippen LogP contribution in [0, 0.1) is 5.82 Å². The molecule has 1 aromatic carbocycles. The molecule has 1 saturated carbocycles. The van der Waals surface area contributed by atoms with E-state index in [0.29, 0.717) is 19.3 Å². The Kier molecular flexibility index (Phi) is 3.78. The van der Waals surface area contributed by atoms with Gasteiger partial charge in [-0.3, -0.25) is 0 Å². The lowest BCUT2D eigenvalue weighted by Gasteiger charge is -2.36. The number of hydrogen-bond donors (Lipinski definition) is 1. The van der Waals surface area contributed by atoms with E-state index in [1.54, 1.807) is 6.07 Å². The predicted octanol–water partition coefficient (Wildman–Crippen LogP) is 3.69. The average molecular weight is 330 g/mol. The Morgan fingerprint density at radius 2 is 1.89 bits per heavy atom. The quantitative estimate of drug-likeness (QED) is 0.897. The molecular weight excluding hydrogens is 313 g/mol. The minimum atomic E-state index is -0.336. The number of nitrogens with one attached hydrogen (secondary N) is 1. The molecular formula is C14H17BrFNO2. The summed E-state index contributed by atoms with van der Waals surface area (Å²) in [5.74, 6) is -0.558. The summed E-state index contributed by atoms with van der Waals surface area (Å²) >= 11 is 3.44. The van der Waals surface area contributed by atoms with Crippen LogP contribution in [0.15, 0.2) is 22.7 Å². The second-order valence-electron chi connectivity index (χ2n) is 5.15. The highest BCUT2D eigenvalue weighted by Crippen LogP contribution is 2.37. The van der Waals surface area contributed by atoms with Gasteiger partial charge in [0, 0.05) is 23.4 Å². The van der Waals surface area contributed by atoms with Gasteiger partial charge in [0.15, 0.2) is 5.79 Å². The minimum absolute atomic E-state index is 0.222. The molecule has 1 heterocycles. The lowest BCUT2D eigenvalue weighted by Crippen LogP contribution is -2.39. The molecule has 1 spiro atoms. The first-order valence-electron chi connectivity index (χ1n) is 6.66. The molecule has 1 aromatic rings. The Bertz CT molecular complexity index is 453. The smallest absolute Gasteiger partial charge is 0.168 e. The highest BCUT2D eigenvalue weighted by atomic mass is 79.9. The lowest BCUT2D eigenvalue weighted by atomic mass is 9.90. The summed E-state index contributed by atoms with van der Waals surface area (Å²) in [5, 5.41) is 3.40. The van der Waals surface area contributed by atoms with E-state index < -0.39 is 0 Å². The number of ether oxygens (including phenoxy) is 2. The van der Waals surface area contributed by atoms with Crippen LogP contribution in [0.25, 0.3) is 0 Å². The Morgan fingerprint density at radius 3 is 2.58 bits per heavy atom. The summed E-state index contributed by atoms with van der Waals surface area (Å²) in [4.78, 5) is 0. The maximum atomic E-state index is 13.2. The van der Waals surface area contributed by atoms with Crippen LogP contribution in [0.5, 0.6) is 0 Å². The molecule has 0 aromatic heterocycles. The normalized spacial score (nSPS) is 22.8. The van der Waals surface area contributed by atoms with Crippen LogP contribution in [-0.2, 0) is 9.47 Å². The van der Waals surface area contributed by atoms with Crippen LogP contribution >= 0.6 is 15.9 Å². The van der Waals surface area contributed by atoms with Crippen molar-refractivity contribution in [2.75, 3.05) is 18.5 Å². The highest BCUT2D eigenvalue weighted by molar-refractivity contribution is 9.10. The first-order valence-corrected chi connectivity index (χ1v) is 7.46. The average Bonchev–Trinajstić information content (AvgIpc) is 2.85. The molecule has 1 N–H and O–H groups in total. The Labute approximate surface area is 120 Å². The highest BCUT2D eigenvalue weighted by Gasteiger charge is 2.40. The zero-order valence-electron chi connectivity index (χ0n) is 10.6. The van der Waals surface area contributed by atoms with Gasteiger partial charge in [0.2, 0.25) is 0 Å². The largest absolute Gasteiger partial charge is 0.381 e. The van der Waals surface area contributed by atoms with Gasteiger partial charge in [0.05, 0.1) is 18.9 Å². The van der Waals surface area contributed by atoms with Crippen LogP contribution in [0.2, 0.25) is 0 Å². The van der Waals surface area contributed by atoms with Crippen molar-refractivity contribution in [1.82, 2.24) is 0 Å². The molecule has 5 heteroatoms. The lowest BCUT2D eigenvalue weighted by molar-refractivity contribution is -0.177. The zero-order chi connectivity index (χ0) is 13.3. The van der Waals surface area contributed by atoms with Crippen LogP contribution in [0.4, 0.5) is 10.1 Å². The molecule has 3 nitrogen and oxygen atoms in total. The molecule has 1 aliphatic heterocycles. The topological polar surface area (TPSA) is 30.5 Å². The van der Waals surface area contributed by atoms with Gasteiger partial charge in [-0.1, -0.05) is 0 Å². The van der Waals surface area contributed by atoms with Gasteiger partial charge in [0.1, 0.15) is 5.82 Å². The standard InChI is InChI=1S/C14H17BrFNO2/c15-12-2-1-10(16)9-13(12)17-11-3-5-14(6-4-11)18-7-8-19-14/h1-2,9,11,17H,3-8H2. The molecule has 0 amide bonds. The fraction of sp³-hybridized carbons (Fsp3) is 0.571. The Morgan fingerprint density at radius 1 is 1.21 bits per heavy atom. The zero-order valence-corrected chi connectivity index (χ0v) is 12.2. The monoisotopic (exact) mass is 329 g/mol. The molecule has 2 aliphatic rings. The number of rotatable bonds is 2. The van der Waals surface area contributed by atoms with E-state index >= 15 is 0 Å². The van der Waals surface area contributed by atoms with Crippen molar-refractivity contribution in [3.05, 3.63) is 28.5 Å². The van der Waals surface area contributed by atoms with Crippen LogP contribution in [0.3, 0.4) is 0 Å². The third kappa shape index (κ3) is 2.93. The van der Waals surface area contributed by atoms with Crippen molar-refractivity contribution in [2.24, 2.45) is 0 Å². The minimum Gasteiger partial charge on any atom is -0.381 e. The van der Waals surface area contributed by atoms with Gasteiger partial charge < -0.3 is 14.8 Å². The van der Waals surface area contributed by atoms with Crippen LogP contribution < -0.4 is 5.32 Å². The summed E-state index contributed by atoms with van der Waals surface area (Å²) in [6, 6.07) is 5.05. The number of halogens is 2. The molecule has 19 heavy (non-hydrogen) atoms. The van der Waals surface area contributed by atoms with Crippen molar-refractivity contribution in [2.45, 2.75) is 37.5 Å². The SMILES string of the molecule is Fc1ccc(Br)c(NC2CCC3(CC2)OCCO3)c1. The first-order chi connectivity index (χ1) is 9.17. The van der Waals surface area contributed by atoms with Gasteiger partial charge in [-0.2, -0.15) is 0 Å². The van der Waals surface area contributed by atoms with E-state index in [2.05, 4.69) is 21.2 Å². The van der Waals surface area contributed by atoms with E-state index in [4.69, 9.17) is 9.47 Å². The van der Waals surface area contributed by atoms with E-state index in [-0.39, 0.29) is 11.6 Å². The first kappa shape index (κ1) is 13.3. The van der Waals surface area contributed by atoms with Crippen molar-refractivity contribution in [3.8, 4) is 0 Å². The van der Waals surface area contributed by atoms with Gasteiger partial charge in [-0.05, 0) is 47.0 Å². The van der Waals surface area contributed by atoms with Crippen molar-refractivity contribution in [1.29, 1.82) is 0 Å². The van der Waals surface area contributed by atoms with E-state index in [1.165, 1.54) is 12.1 Å². The fourth-order valence-corrected chi connectivity index (χ4v) is 3.18. The molecule has 104 valence electrons. The Hall–Kier alpha value is -0.650. The predicted molar refractivity (Wildman–Crippen MR) is 74.6 cm³/mol. The van der Waals surface area contributed by atoms with Gasteiger partial charge in [-0.15, -0.1) is 0 Å². The third-order valence-electron chi connectivity index (χ3n) is 3.85. The summed E-state index contributed by atoms with van der Waals surface area (Å²) in [6.45, 7) is 1.40. The van der Waals surface area contributed by atoms with E-state index in [0.717, 1.165) is 35.8 Å². The molecule has 1 saturated heterocycles. The summed E-state index contributed by atoms with van der Waals surface area (Å²) in [6.07, 6.45) is 3.75. The van der Waals surface area contributed by atoms with Gasteiger partial charge >= 0.3 is 0 Å². The molecule has 0 radical (unpaired) electrons. The second kappa shape index (κ2) is 5.38. The van der Waals surface area contributed by atoms with Gasteiger partial charge in [-0.25, -0.2) is 4.39 Å². The molecule has 3 rings (SSSR count). The van der Waals surface area contributed by atoms with E-state index in [9.17, 15) is 4.39 Å². The van der Waals surface area contributed by atoms with Crippen LogP contribution in [-0.4, -0.2) is 25.0 Å². The fourth-order valence-electron chi connectivity index (χ4n) is 2.82. The molecule has 0 unspecified atom stereocenters. The van der Waals surface area contributed by atoms with Crippen molar-refractivity contribution < 1.29 is 13.9 Å². The van der Waals surface area contributed by atoms with E-state index in [1.807, 2.05) is 0 Å². The van der Waals surface area contributed by atoms with Gasteiger partial charge in [0.25, 0.3) is 0 Å². The summed E-state index contributed by atoms with van der Waals surface area (Å²) in [7, 11) is 0. The van der Waals surface area contributed by atoms with Crippen molar-refractivity contribution in [3.63, 3.8) is 0 Å². The molecule has 2 fully saturated rings. The number of anilines is 1. The third-order valence-corrected chi connectivity index (χ3v) is 4.54. The summed E-state index contributed by atoms with van der Waals surface area (Å²) < 4.78 is 25.5. The molecule has 0 bridgehead atoms. The Balaban J connectivity index is 1.61. The van der Waals surface area contributed by atoms with Crippen molar-refractivity contribution >= 4 is 21.6 Å². The summed E-state index contributed by atoms with van der Waals surface area (Å²) in [5.41, 5.74) is 0.814. The number of benzene rings is 1. The number of hydrogen-bond acceptors (Lipinski definition) is 3. The second-order valence-corrected chi connectivity index (χ2v) is 6.00. The molecule has 1 aliphatic carbocycles. The molecule has 0 atom stereocenters. The van der Waals surface area contributed by atoms with Crippen LogP contribution in [0.1, 0.15) is 25.7 Å².